The number of carbonyl (C=O) groups is 1. The second kappa shape index (κ2) is 5.26. The van der Waals surface area contributed by atoms with Gasteiger partial charge in [0.15, 0.2) is 0 Å². The fourth-order valence-electron chi connectivity index (χ4n) is 2.26. The molecular weight excluding hydrogens is 240 g/mol. The number of aromatic nitrogens is 1. The summed E-state index contributed by atoms with van der Waals surface area (Å²) in [6.07, 6.45) is 1.15. The number of H-pyrrole nitrogens is 1. The van der Waals surface area contributed by atoms with Crippen LogP contribution >= 0.6 is 0 Å². The van der Waals surface area contributed by atoms with E-state index in [2.05, 4.69) is 10.3 Å². The molecule has 1 aromatic carbocycles. The molecule has 1 amide bonds. The predicted molar refractivity (Wildman–Crippen MR) is 77.6 cm³/mol. The van der Waals surface area contributed by atoms with Crippen LogP contribution in [0.3, 0.4) is 0 Å². The molecule has 0 aliphatic heterocycles. The van der Waals surface area contributed by atoms with Crippen molar-refractivity contribution >= 4 is 22.5 Å². The minimum absolute atomic E-state index is 0.0383. The van der Waals surface area contributed by atoms with Crippen molar-refractivity contribution in [3.05, 3.63) is 39.7 Å². The van der Waals surface area contributed by atoms with Crippen LogP contribution in [0.1, 0.15) is 31.4 Å². The summed E-state index contributed by atoms with van der Waals surface area (Å²) in [5, 5.41) is 3.81. The van der Waals surface area contributed by atoms with Gasteiger partial charge in [-0.25, -0.2) is 0 Å². The molecule has 100 valence electrons. The quantitative estimate of drug-likeness (QED) is 0.889. The Balaban J connectivity index is 2.56. The predicted octanol–water partition coefficient (Wildman–Crippen LogP) is 2.75. The number of rotatable bonds is 3. The molecule has 2 aromatic rings. The van der Waals surface area contributed by atoms with Gasteiger partial charge in [-0.1, -0.05) is 19.9 Å². The van der Waals surface area contributed by atoms with Gasteiger partial charge in [0, 0.05) is 23.1 Å². The SMILES string of the molecule is CCC(=O)Nc1ccc2c(C)c(CC)c(=O)[nH]c2c1. The molecule has 0 radical (unpaired) electrons. The number of hydrogen-bond acceptors (Lipinski definition) is 2. The molecular formula is C15H18N2O2. The summed E-state index contributed by atoms with van der Waals surface area (Å²) in [6, 6.07) is 5.60. The van der Waals surface area contributed by atoms with E-state index < -0.39 is 0 Å². The molecule has 1 heterocycles. The van der Waals surface area contributed by atoms with E-state index in [1.54, 1.807) is 13.0 Å². The molecule has 19 heavy (non-hydrogen) atoms. The summed E-state index contributed by atoms with van der Waals surface area (Å²) < 4.78 is 0. The molecule has 2 rings (SSSR count). The van der Waals surface area contributed by atoms with Crippen LogP contribution in [0.25, 0.3) is 10.9 Å². The number of benzene rings is 1. The number of carbonyl (C=O) groups excluding carboxylic acids is 1. The molecule has 0 aliphatic carbocycles. The van der Waals surface area contributed by atoms with E-state index in [1.807, 2.05) is 26.0 Å². The second-order valence-corrected chi connectivity index (χ2v) is 4.57. The Bertz CT molecular complexity index is 686. The van der Waals surface area contributed by atoms with E-state index >= 15 is 0 Å². The van der Waals surface area contributed by atoms with Crippen LogP contribution in [0.5, 0.6) is 0 Å². The molecule has 0 spiro atoms. The highest BCUT2D eigenvalue weighted by Gasteiger charge is 2.08. The van der Waals surface area contributed by atoms with E-state index in [9.17, 15) is 9.59 Å². The summed E-state index contributed by atoms with van der Waals surface area (Å²) in [6.45, 7) is 5.73. The zero-order valence-electron chi connectivity index (χ0n) is 11.5. The van der Waals surface area contributed by atoms with Crippen LogP contribution < -0.4 is 10.9 Å². The monoisotopic (exact) mass is 258 g/mol. The van der Waals surface area contributed by atoms with Gasteiger partial charge in [-0.15, -0.1) is 0 Å². The number of anilines is 1. The number of nitrogens with one attached hydrogen (secondary N) is 2. The van der Waals surface area contributed by atoms with Crippen LogP contribution in [-0.2, 0) is 11.2 Å². The topological polar surface area (TPSA) is 62.0 Å². The normalized spacial score (nSPS) is 10.7. The number of hydrogen-bond donors (Lipinski definition) is 2. The number of aromatic amines is 1. The van der Waals surface area contributed by atoms with E-state index in [-0.39, 0.29) is 11.5 Å². The summed E-state index contributed by atoms with van der Waals surface area (Å²) in [4.78, 5) is 26.2. The molecule has 0 fully saturated rings. The molecule has 4 heteroatoms. The van der Waals surface area contributed by atoms with Crippen molar-refractivity contribution in [3.8, 4) is 0 Å². The van der Waals surface area contributed by atoms with Gasteiger partial charge in [0.2, 0.25) is 5.91 Å². The van der Waals surface area contributed by atoms with Crippen molar-refractivity contribution in [2.45, 2.75) is 33.6 Å². The van der Waals surface area contributed by atoms with Crippen molar-refractivity contribution in [1.29, 1.82) is 0 Å². The number of aryl methyl sites for hydroxylation is 1. The summed E-state index contributed by atoms with van der Waals surface area (Å²) in [5.74, 6) is -0.0383. The minimum Gasteiger partial charge on any atom is -0.326 e. The molecule has 2 N–H and O–H groups in total. The van der Waals surface area contributed by atoms with Crippen molar-refractivity contribution in [3.63, 3.8) is 0 Å². The maximum absolute atomic E-state index is 11.9. The maximum Gasteiger partial charge on any atom is 0.251 e. The highest BCUT2D eigenvalue weighted by Crippen LogP contribution is 2.21. The average Bonchev–Trinajstić information content (AvgIpc) is 2.38. The Kier molecular flexibility index (Phi) is 3.69. The lowest BCUT2D eigenvalue weighted by molar-refractivity contribution is -0.115. The van der Waals surface area contributed by atoms with Gasteiger partial charge < -0.3 is 10.3 Å². The first-order chi connectivity index (χ1) is 9.06. The lowest BCUT2D eigenvalue weighted by Gasteiger charge is -2.09. The van der Waals surface area contributed by atoms with Crippen LogP contribution in [0.4, 0.5) is 5.69 Å². The van der Waals surface area contributed by atoms with Crippen molar-refractivity contribution in [2.24, 2.45) is 0 Å². The van der Waals surface area contributed by atoms with E-state index in [0.29, 0.717) is 18.5 Å². The Morgan fingerprint density at radius 2 is 2.05 bits per heavy atom. The maximum atomic E-state index is 11.9. The van der Waals surface area contributed by atoms with E-state index in [1.165, 1.54) is 0 Å². The Morgan fingerprint density at radius 3 is 2.68 bits per heavy atom. The molecule has 0 unspecified atom stereocenters. The molecule has 0 saturated carbocycles. The van der Waals surface area contributed by atoms with Gasteiger partial charge in [-0.05, 0) is 31.0 Å². The largest absolute Gasteiger partial charge is 0.326 e. The summed E-state index contributed by atoms with van der Waals surface area (Å²) in [5.41, 5.74) is 3.24. The highest BCUT2D eigenvalue weighted by atomic mass is 16.1. The Morgan fingerprint density at radius 1 is 1.32 bits per heavy atom. The van der Waals surface area contributed by atoms with Crippen LogP contribution in [0.2, 0.25) is 0 Å². The van der Waals surface area contributed by atoms with Crippen molar-refractivity contribution in [2.75, 3.05) is 5.32 Å². The summed E-state index contributed by atoms with van der Waals surface area (Å²) in [7, 11) is 0. The summed E-state index contributed by atoms with van der Waals surface area (Å²) >= 11 is 0. The van der Waals surface area contributed by atoms with Gasteiger partial charge in [-0.3, -0.25) is 9.59 Å². The lowest BCUT2D eigenvalue weighted by Crippen LogP contribution is -2.14. The zero-order valence-corrected chi connectivity index (χ0v) is 11.5. The third kappa shape index (κ3) is 2.52. The van der Waals surface area contributed by atoms with Gasteiger partial charge in [-0.2, -0.15) is 0 Å². The average molecular weight is 258 g/mol. The third-order valence-electron chi connectivity index (χ3n) is 3.36. The molecule has 1 aromatic heterocycles. The second-order valence-electron chi connectivity index (χ2n) is 4.57. The fourth-order valence-corrected chi connectivity index (χ4v) is 2.26. The minimum atomic E-state index is -0.0496. The van der Waals surface area contributed by atoms with Gasteiger partial charge >= 0.3 is 0 Å². The van der Waals surface area contributed by atoms with Gasteiger partial charge in [0.05, 0.1) is 5.52 Å². The molecule has 0 aliphatic rings. The van der Waals surface area contributed by atoms with Crippen molar-refractivity contribution < 1.29 is 4.79 Å². The first kappa shape index (κ1) is 13.3. The van der Waals surface area contributed by atoms with Crippen LogP contribution in [-0.4, -0.2) is 10.9 Å². The van der Waals surface area contributed by atoms with Crippen LogP contribution in [0.15, 0.2) is 23.0 Å². The highest BCUT2D eigenvalue weighted by molar-refractivity contribution is 5.94. The Hall–Kier alpha value is -2.10. The first-order valence-corrected chi connectivity index (χ1v) is 6.52. The standard InChI is InChI=1S/C15H18N2O2/c1-4-11-9(3)12-7-6-10(16-14(18)5-2)8-13(12)17-15(11)19/h6-8H,4-5H2,1-3H3,(H,16,18)(H,17,19). The fraction of sp³-hybridized carbons (Fsp3) is 0.333. The number of pyridine rings is 1. The van der Waals surface area contributed by atoms with E-state index in [0.717, 1.165) is 22.0 Å². The number of fused-ring (bicyclic) bond motifs is 1. The zero-order chi connectivity index (χ0) is 14.0. The Labute approximate surface area is 111 Å². The molecule has 0 saturated heterocycles. The first-order valence-electron chi connectivity index (χ1n) is 6.52. The number of amides is 1. The van der Waals surface area contributed by atoms with E-state index in [4.69, 9.17) is 0 Å². The van der Waals surface area contributed by atoms with Gasteiger partial charge in [0.25, 0.3) is 5.56 Å². The van der Waals surface area contributed by atoms with Crippen molar-refractivity contribution in [1.82, 2.24) is 4.98 Å². The third-order valence-corrected chi connectivity index (χ3v) is 3.36. The lowest BCUT2D eigenvalue weighted by atomic mass is 10.0. The van der Waals surface area contributed by atoms with Crippen LogP contribution in [0, 0.1) is 6.92 Å². The molecule has 0 bridgehead atoms. The van der Waals surface area contributed by atoms with Gasteiger partial charge in [0.1, 0.15) is 0 Å². The smallest absolute Gasteiger partial charge is 0.251 e. The molecule has 0 atom stereocenters. The molecule has 4 nitrogen and oxygen atoms in total.